The Morgan fingerprint density at radius 3 is 2.07 bits per heavy atom. The van der Waals surface area contributed by atoms with Gasteiger partial charge in [0.25, 0.3) is 0 Å². The Kier molecular flexibility index (Phi) is 10.2. The summed E-state index contributed by atoms with van der Waals surface area (Å²) in [5.41, 5.74) is 1.29. The number of aliphatic carboxylic acids is 2. The first-order chi connectivity index (χ1) is 14.4. The molecule has 5 N–H and O–H groups in total. The van der Waals surface area contributed by atoms with Gasteiger partial charge < -0.3 is 30.5 Å². The van der Waals surface area contributed by atoms with E-state index in [4.69, 9.17) is 25.2 Å². The van der Waals surface area contributed by atoms with Gasteiger partial charge in [0.15, 0.2) is 12.2 Å². The molecule has 0 amide bonds. The van der Waals surface area contributed by atoms with Crippen molar-refractivity contribution in [2.75, 3.05) is 13.2 Å². The highest BCUT2D eigenvalue weighted by Gasteiger charge is 2.30. The molecule has 2 aliphatic rings. The van der Waals surface area contributed by atoms with Crippen LogP contribution in [0.25, 0.3) is 0 Å². The molecule has 1 saturated heterocycles. The Balaban J connectivity index is 0.000000274. The summed E-state index contributed by atoms with van der Waals surface area (Å²) in [4.78, 5) is 19.5. The van der Waals surface area contributed by atoms with Crippen molar-refractivity contribution in [2.45, 2.75) is 63.4 Å². The molecule has 0 spiro atoms. The van der Waals surface area contributed by atoms with Crippen LogP contribution in [0.1, 0.15) is 44.1 Å². The van der Waals surface area contributed by atoms with Crippen LogP contribution < -0.4 is 5.32 Å². The Hall–Kier alpha value is -2.00. The third kappa shape index (κ3) is 8.02. The predicted molar refractivity (Wildman–Crippen MR) is 110 cm³/mol. The minimum atomic E-state index is -2.27. The Labute approximate surface area is 176 Å². The Morgan fingerprint density at radius 2 is 1.57 bits per heavy atom. The maximum atomic E-state index is 9.77. The first-order valence-electron chi connectivity index (χ1n) is 10.5. The fourth-order valence-corrected chi connectivity index (χ4v) is 4.06. The molecule has 0 radical (unpaired) electrons. The number of ether oxygens (including phenoxy) is 1. The molecule has 8 heteroatoms. The number of carboxylic acid groups (broad SMARTS) is 2. The van der Waals surface area contributed by atoms with E-state index in [1.807, 2.05) is 0 Å². The molecular formula is C22H33NO7. The molecule has 3 rings (SSSR count). The van der Waals surface area contributed by atoms with Crippen molar-refractivity contribution in [1.29, 1.82) is 0 Å². The van der Waals surface area contributed by atoms with Crippen LogP contribution in [0.5, 0.6) is 0 Å². The van der Waals surface area contributed by atoms with E-state index < -0.39 is 24.1 Å². The molecule has 0 aromatic heterocycles. The van der Waals surface area contributed by atoms with Gasteiger partial charge in [-0.25, -0.2) is 9.59 Å². The summed E-state index contributed by atoms with van der Waals surface area (Å²) in [6.07, 6.45) is 3.77. The zero-order chi connectivity index (χ0) is 21.9. The number of aliphatic hydroxyl groups excluding tert-OH is 2. The summed E-state index contributed by atoms with van der Waals surface area (Å²) < 4.78 is 5.90. The number of carboxylic acids is 2. The number of nitrogens with one attached hydrogen (secondary N) is 1. The van der Waals surface area contributed by atoms with Crippen molar-refractivity contribution < 1.29 is 34.8 Å². The predicted octanol–water partition coefficient (Wildman–Crippen LogP) is 1.64. The highest BCUT2D eigenvalue weighted by molar-refractivity contribution is 5.83. The first-order valence-corrected chi connectivity index (χ1v) is 10.5. The van der Waals surface area contributed by atoms with Gasteiger partial charge in [0, 0.05) is 12.6 Å². The second kappa shape index (κ2) is 12.6. The SMILES string of the molecule is O=C(O)C(O)C(O)C(=O)O.c1ccc(COC[C@H]2CC[C@H]([C@H]3CCCN3)CC2)cc1. The van der Waals surface area contributed by atoms with Crippen molar-refractivity contribution in [3.63, 3.8) is 0 Å². The van der Waals surface area contributed by atoms with Gasteiger partial charge in [0.1, 0.15) is 0 Å². The van der Waals surface area contributed by atoms with E-state index in [1.54, 1.807) is 0 Å². The fraction of sp³-hybridized carbons (Fsp3) is 0.636. The molecule has 1 heterocycles. The number of hydrogen-bond donors (Lipinski definition) is 5. The minimum Gasteiger partial charge on any atom is -0.479 e. The van der Waals surface area contributed by atoms with Gasteiger partial charge >= 0.3 is 11.9 Å². The molecule has 30 heavy (non-hydrogen) atoms. The van der Waals surface area contributed by atoms with Gasteiger partial charge in [0.2, 0.25) is 0 Å². The van der Waals surface area contributed by atoms with E-state index in [9.17, 15) is 9.59 Å². The van der Waals surface area contributed by atoms with Crippen molar-refractivity contribution >= 4 is 11.9 Å². The van der Waals surface area contributed by atoms with Crippen LogP contribution in [0, 0.1) is 11.8 Å². The Bertz CT molecular complexity index is 622. The number of aliphatic hydroxyl groups is 2. The summed E-state index contributed by atoms with van der Waals surface area (Å²) in [6, 6.07) is 11.3. The van der Waals surface area contributed by atoms with E-state index in [1.165, 1.54) is 50.6 Å². The largest absolute Gasteiger partial charge is 0.479 e. The van der Waals surface area contributed by atoms with Gasteiger partial charge in [-0.15, -0.1) is 0 Å². The van der Waals surface area contributed by atoms with Crippen LogP contribution in [0.15, 0.2) is 30.3 Å². The smallest absolute Gasteiger partial charge is 0.335 e. The van der Waals surface area contributed by atoms with E-state index in [0.29, 0.717) is 0 Å². The van der Waals surface area contributed by atoms with Gasteiger partial charge in [-0.1, -0.05) is 30.3 Å². The molecule has 2 fully saturated rings. The van der Waals surface area contributed by atoms with Crippen LogP contribution in [0.4, 0.5) is 0 Å². The summed E-state index contributed by atoms with van der Waals surface area (Å²) >= 11 is 0. The molecular weight excluding hydrogens is 390 g/mol. The van der Waals surface area contributed by atoms with E-state index in [-0.39, 0.29) is 0 Å². The van der Waals surface area contributed by atoms with Crippen LogP contribution in [-0.4, -0.2) is 63.8 Å². The number of benzene rings is 1. The highest BCUT2D eigenvalue weighted by Crippen LogP contribution is 2.33. The molecule has 1 aromatic rings. The average molecular weight is 424 g/mol. The molecule has 3 atom stereocenters. The lowest BCUT2D eigenvalue weighted by molar-refractivity contribution is -0.165. The van der Waals surface area contributed by atoms with E-state index in [2.05, 4.69) is 35.6 Å². The number of rotatable bonds is 8. The van der Waals surface area contributed by atoms with Gasteiger partial charge in [-0.2, -0.15) is 0 Å². The average Bonchev–Trinajstić information content (AvgIpc) is 3.29. The van der Waals surface area contributed by atoms with Crippen molar-refractivity contribution in [2.24, 2.45) is 11.8 Å². The molecule has 1 saturated carbocycles. The summed E-state index contributed by atoms with van der Waals surface area (Å²) in [5.74, 6) is -1.82. The highest BCUT2D eigenvalue weighted by atomic mass is 16.5. The van der Waals surface area contributed by atoms with Crippen molar-refractivity contribution in [1.82, 2.24) is 5.32 Å². The zero-order valence-electron chi connectivity index (χ0n) is 17.2. The fourth-order valence-electron chi connectivity index (χ4n) is 4.06. The number of hydrogen-bond acceptors (Lipinski definition) is 6. The zero-order valence-corrected chi connectivity index (χ0v) is 17.2. The van der Waals surface area contributed by atoms with Gasteiger partial charge in [0.05, 0.1) is 6.61 Å². The second-order valence-electron chi connectivity index (χ2n) is 8.05. The van der Waals surface area contributed by atoms with Crippen LogP contribution in [0.3, 0.4) is 0 Å². The third-order valence-corrected chi connectivity index (χ3v) is 5.83. The van der Waals surface area contributed by atoms with E-state index >= 15 is 0 Å². The quantitative estimate of drug-likeness (QED) is 0.426. The third-order valence-electron chi connectivity index (χ3n) is 5.83. The molecule has 8 nitrogen and oxygen atoms in total. The summed E-state index contributed by atoms with van der Waals surface area (Å²) in [5, 5.41) is 36.2. The first kappa shape index (κ1) is 24.3. The molecule has 1 aliphatic heterocycles. The van der Waals surface area contributed by atoms with Gasteiger partial charge in [-0.05, 0) is 62.5 Å². The van der Waals surface area contributed by atoms with Crippen molar-refractivity contribution in [3.8, 4) is 0 Å². The summed E-state index contributed by atoms with van der Waals surface area (Å²) in [7, 11) is 0. The normalized spacial score (nSPS) is 25.6. The summed E-state index contributed by atoms with van der Waals surface area (Å²) in [6.45, 7) is 2.95. The maximum Gasteiger partial charge on any atom is 0.335 e. The molecule has 2 unspecified atom stereocenters. The van der Waals surface area contributed by atoms with Gasteiger partial charge in [-0.3, -0.25) is 0 Å². The monoisotopic (exact) mass is 423 g/mol. The second-order valence-corrected chi connectivity index (χ2v) is 8.05. The maximum absolute atomic E-state index is 9.77. The van der Waals surface area contributed by atoms with Crippen LogP contribution in [0.2, 0.25) is 0 Å². The lowest BCUT2D eigenvalue weighted by atomic mass is 9.78. The van der Waals surface area contributed by atoms with Crippen LogP contribution >= 0.6 is 0 Å². The molecule has 168 valence electrons. The topological polar surface area (TPSA) is 136 Å². The minimum absolute atomic E-state index is 0.769. The van der Waals surface area contributed by atoms with E-state index in [0.717, 1.165) is 31.1 Å². The van der Waals surface area contributed by atoms with Crippen LogP contribution in [-0.2, 0) is 20.9 Å². The lowest BCUT2D eigenvalue weighted by Gasteiger charge is -2.32. The number of carbonyl (C=O) groups is 2. The standard InChI is InChI=1S/C18H27NO.C4H6O6/c1-2-5-15(6-3-1)13-20-14-16-8-10-17(11-9-16)18-7-4-12-19-18;5-1(3(7)8)2(6)4(9)10/h1-3,5-6,16-19H,4,7-14H2;1-2,5-6H,(H,7,8)(H,9,10)/t16-,17-,18-;/m1./s1. The van der Waals surface area contributed by atoms with Crippen molar-refractivity contribution in [3.05, 3.63) is 35.9 Å². The lowest BCUT2D eigenvalue weighted by Crippen LogP contribution is -2.39. The molecule has 0 bridgehead atoms. The molecule has 1 aromatic carbocycles. The Morgan fingerprint density at radius 1 is 0.967 bits per heavy atom. The molecule has 1 aliphatic carbocycles.